The van der Waals surface area contributed by atoms with Gasteiger partial charge in [0.1, 0.15) is 11.5 Å². The number of amides is 1. The van der Waals surface area contributed by atoms with Gasteiger partial charge in [0.2, 0.25) is 11.8 Å². The fourth-order valence-corrected chi connectivity index (χ4v) is 3.48. The van der Waals surface area contributed by atoms with Gasteiger partial charge >= 0.3 is 0 Å². The van der Waals surface area contributed by atoms with Crippen molar-refractivity contribution in [3.05, 3.63) is 65.4 Å². The van der Waals surface area contributed by atoms with Gasteiger partial charge in [-0.1, -0.05) is 24.6 Å². The van der Waals surface area contributed by atoms with Gasteiger partial charge in [-0.25, -0.2) is 4.68 Å². The Kier molecular flexibility index (Phi) is 8.49. The van der Waals surface area contributed by atoms with Crippen molar-refractivity contribution < 1.29 is 14.3 Å². The zero-order chi connectivity index (χ0) is 23.8. The highest BCUT2D eigenvalue weighted by Crippen LogP contribution is 2.32. The van der Waals surface area contributed by atoms with E-state index in [2.05, 4.69) is 12.2 Å². The Bertz CT molecular complexity index is 1040. The van der Waals surface area contributed by atoms with Crippen LogP contribution in [-0.2, 0) is 17.6 Å². The number of methoxy groups -OCH3 is 1. The van der Waals surface area contributed by atoms with E-state index in [4.69, 9.17) is 14.6 Å². The number of carbonyl (C=O) groups is 1. The van der Waals surface area contributed by atoms with Crippen molar-refractivity contribution in [2.45, 2.75) is 33.1 Å². The summed E-state index contributed by atoms with van der Waals surface area (Å²) in [6.07, 6.45) is 1.66. The van der Waals surface area contributed by atoms with Crippen molar-refractivity contribution in [2.75, 3.05) is 34.3 Å². The molecule has 0 atom stereocenters. The molecule has 0 radical (unpaired) electrons. The molecule has 0 aliphatic carbocycles. The highest BCUT2D eigenvalue weighted by Gasteiger charge is 2.21. The number of rotatable bonds is 11. The quantitative estimate of drug-likeness (QED) is 0.475. The SMILES string of the molecule is CCc1nn(-c2ccc(OC)cc2)c(Oc2ccc(C)cc2)c1CCC(=O)NCCN(C)C. The number of hydrogen-bond acceptors (Lipinski definition) is 5. The number of nitrogens with zero attached hydrogens (tertiary/aromatic N) is 3. The smallest absolute Gasteiger partial charge is 0.226 e. The Morgan fingerprint density at radius 2 is 1.73 bits per heavy atom. The number of aromatic nitrogens is 2. The van der Waals surface area contributed by atoms with E-state index in [0.717, 1.165) is 47.0 Å². The standard InChI is InChI=1S/C26H34N4O3/c1-6-24-23(15-16-25(31)27-17-18-29(3)4)26(33-22-11-7-19(2)8-12-22)30(28-24)20-9-13-21(32-5)14-10-20/h7-14H,6,15-18H2,1-5H3,(H,27,31). The van der Waals surface area contributed by atoms with Gasteiger partial charge in [0, 0.05) is 25.1 Å². The Balaban J connectivity index is 1.91. The first-order valence-electron chi connectivity index (χ1n) is 11.3. The minimum absolute atomic E-state index is 0.0254. The molecule has 0 aliphatic heterocycles. The second-order valence-corrected chi connectivity index (χ2v) is 8.26. The molecule has 2 aromatic carbocycles. The van der Waals surface area contributed by atoms with Crippen molar-refractivity contribution in [1.29, 1.82) is 0 Å². The third-order valence-electron chi connectivity index (χ3n) is 5.39. The van der Waals surface area contributed by atoms with Gasteiger partial charge in [0.25, 0.3) is 0 Å². The number of likely N-dealkylation sites (N-methyl/N-ethyl adjacent to an activating group) is 1. The molecule has 33 heavy (non-hydrogen) atoms. The van der Waals surface area contributed by atoms with Gasteiger partial charge in [-0.2, -0.15) is 5.10 Å². The van der Waals surface area contributed by atoms with Crippen LogP contribution in [0.25, 0.3) is 5.69 Å². The molecule has 7 nitrogen and oxygen atoms in total. The fraction of sp³-hybridized carbons (Fsp3) is 0.385. The summed E-state index contributed by atoms with van der Waals surface area (Å²) in [6.45, 7) is 5.55. The molecule has 0 unspecified atom stereocenters. The highest BCUT2D eigenvalue weighted by molar-refractivity contribution is 5.76. The molecular formula is C26H34N4O3. The van der Waals surface area contributed by atoms with Crippen LogP contribution >= 0.6 is 0 Å². The number of carbonyl (C=O) groups excluding carboxylic acids is 1. The molecule has 3 rings (SSSR count). The predicted octanol–water partition coefficient (Wildman–Crippen LogP) is 4.15. The number of benzene rings is 2. The summed E-state index contributed by atoms with van der Waals surface area (Å²) < 4.78 is 13.5. The molecule has 1 amide bonds. The van der Waals surface area contributed by atoms with Gasteiger partial charge in [0.05, 0.1) is 18.5 Å². The van der Waals surface area contributed by atoms with Crippen molar-refractivity contribution in [3.8, 4) is 23.1 Å². The van der Waals surface area contributed by atoms with Crippen LogP contribution in [0.2, 0.25) is 0 Å². The van der Waals surface area contributed by atoms with E-state index >= 15 is 0 Å². The third kappa shape index (κ3) is 6.58. The van der Waals surface area contributed by atoms with Crippen LogP contribution in [0.3, 0.4) is 0 Å². The monoisotopic (exact) mass is 450 g/mol. The van der Waals surface area contributed by atoms with E-state index in [1.807, 2.05) is 79.1 Å². The van der Waals surface area contributed by atoms with E-state index in [0.29, 0.717) is 25.3 Å². The highest BCUT2D eigenvalue weighted by atomic mass is 16.5. The zero-order valence-electron chi connectivity index (χ0n) is 20.2. The summed E-state index contributed by atoms with van der Waals surface area (Å²) >= 11 is 0. The molecule has 1 heterocycles. The minimum Gasteiger partial charge on any atom is -0.497 e. The van der Waals surface area contributed by atoms with Crippen molar-refractivity contribution in [2.24, 2.45) is 0 Å². The van der Waals surface area contributed by atoms with Crippen LogP contribution in [-0.4, -0.2) is 54.9 Å². The van der Waals surface area contributed by atoms with E-state index in [1.54, 1.807) is 7.11 Å². The average Bonchev–Trinajstić information content (AvgIpc) is 3.16. The topological polar surface area (TPSA) is 68.6 Å². The second-order valence-electron chi connectivity index (χ2n) is 8.26. The summed E-state index contributed by atoms with van der Waals surface area (Å²) in [5.74, 6) is 2.17. The van der Waals surface area contributed by atoms with Crippen LogP contribution in [0.1, 0.15) is 30.2 Å². The lowest BCUT2D eigenvalue weighted by Gasteiger charge is -2.13. The first-order valence-corrected chi connectivity index (χ1v) is 11.3. The first-order chi connectivity index (χ1) is 15.9. The van der Waals surface area contributed by atoms with E-state index in [9.17, 15) is 4.79 Å². The molecule has 0 aliphatic rings. The lowest BCUT2D eigenvalue weighted by Crippen LogP contribution is -2.31. The van der Waals surface area contributed by atoms with Crippen LogP contribution in [0.15, 0.2) is 48.5 Å². The van der Waals surface area contributed by atoms with Crippen LogP contribution in [0.4, 0.5) is 0 Å². The Labute approximate surface area is 196 Å². The maximum atomic E-state index is 12.4. The lowest BCUT2D eigenvalue weighted by molar-refractivity contribution is -0.121. The maximum absolute atomic E-state index is 12.4. The molecule has 1 N–H and O–H groups in total. The van der Waals surface area contributed by atoms with Gasteiger partial charge in [-0.15, -0.1) is 0 Å². The molecule has 7 heteroatoms. The first kappa shape index (κ1) is 24.3. The summed E-state index contributed by atoms with van der Waals surface area (Å²) in [5, 5.41) is 7.83. The van der Waals surface area contributed by atoms with Crippen molar-refractivity contribution >= 4 is 5.91 Å². The summed E-state index contributed by atoms with van der Waals surface area (Å²) in [6, 6.07) is 15.6. The van der Waals surface area contributed by atoms with Crippen LogP contribution in [0, 0.1) is 6.92 Å². The second kappa shape index (κ2) is 11.5. The lowest BCUT2D eigenvalue weighted by atomic mass is 10.1. The summed E-state index contributed by atoms with van der Waals surface area (Å²) in [5.41, 5.74) is 3.91. The van der Waals surface area contributed by atoms with Gasteiger partial charge < -0.3 is 19.7 Å². The molecular weight excluding hydrogens is 416 g/mol. The molecule has 0 bridgehead atoms. The summed E-state index contributed by atoms with van der Waals surface area (Å²) in [4.78, 5) is 14.5. The molecule has 176 valence electrons. The van der Waals surface area contributed by atoms with Crippen LogP contribution in [0.5, 0.6) is 17.4 Å². The Hall–Kier alpha value is -3.32. The van der Waals surface area contributed by atoms with E-state index < -0.39 is 0 Å². The van der Waals surface area contributed by atoms with Crippen molar-refractivity contribution in [3.63, 3.8) is 0 Å². The number of aryl methyl sites for hydroxylation is 2. The largest absolute Gasteiger partial charge is 0.497 e. The minimum atomic E-state index is 0.0254. The molecule has 0 fully saturated rings. The Morgan fingerprint density at radius 1 is 1.06 bits per heavy atom. The van der Waals surface area contributed by atoms with E-state index in [-0.39, 0.29) is 5.91 Å². The number of hydrogen-bond donors (Lipinski definition) is 1. The van der Waals surface area contributed by atoms with Gasteiger partial charge in [-0.3, -0.25) is 4.79 Å². The molecule has 0 spiro atoms. The normalized spacial score (nSPS) is 11.0. The maximum Gasteiger partial charge on any atom is 0.226 e. The number of ether oxygens (including phenoxy) is 2. The molecule has 3 aromatic rings. The van der Waals surface area contributed by atoms with Crippen LogP contribution < -0.4 is 14.8 Å². The fourth-order valence-electron chi connectivity index (χ4n) is 3.48. The molecule has 1 aromatic heterocycles. The Morgan fingerprint density at radius 3 is 2.33 bits per heavy atom. The molecule has 0 saturated carbocycles. The molecule has 0 saturated heterocycles. The zero-order valence-corrected chi connectivity index (χ0v) is 20.2. The van der Waals surface area contributed by atoms with E-state index in [1.165, 1.54) is 0 Å². The predicted molar refractivity (Wildman–Crippen MR) is 131 cm³/mol. The summed E-state index contributed by atoms with van der Waals surface area (Å²) in [7, 11) is 5.62. The van der Waals surface area contributed by atoms with Gasteiger partial charge in [0.15, 0.2) is 0 Å². The number of nitrogens with one attached hydrogen (secondary N) is 1. The average molecular weight is 451 g/mol. The van der Waals surface area contributed by atoms with Crippen molar-refractivity contribution in [1.82, 2.24) is 20.0 Å². The third-order valence-corrected chi connectivity index (χ3v) is 5.39. The van der Waals surface area contributed by atoms with Gasteiger partial charge in [-0.05, 0) is 70.3 Å².